The van der Waals surface area contributed by atoms with Crippen molar-refractivity contribution in [3.05, 3.63) is 42.0 Å². The summed E-state index contributed by atoms with van der Waals surface area (Å²) < 4.78 is 0. The zero-order valence-corrected chi connectivity index (χ0v) is 8.22. The van der Waals surface area contributed by atoms with Crippen LogP contribution in [0.3, 0.4) is 0 Å². The summed E-state index contributed by atoms with van der Waals surface area (Å²) in [7, 11) is 0. The lowest BCUT2D eigenvalue weighted by molar-refractivity contribution is 0.828. The Labute approximate surface area is 89.1 Å². The second-order valence-electron chi connectivity index (χ2n) is 3.78. The van der Waals surface area contributed by atoms with Crippen molar-refractivity contribution in [2.75, 3.05) is 0 Å². The highest BCUT2D eigenvalue weighted by atomic mass is 14.6. The first-order chi connectivity index (χ1) is 7.30. The van der Waals surface area contributed by atoms with Gasteiger partial charge in [-0.3, -0.25) is 0 Å². The van der Waals surface area contributed by atoms with Gasteiger partial charge in [-0.2, -0.15) is 10.5 Å². The second-order valence-corrected chi connectivity index (χ2v) is 3.78. The van der Waals surface area contributed by atoms with Crippen LogP contribution in [-0.4, -0.2) is 0 Å². The highest BCUT2D eigenvalue weighted by Gasteiger charge is 2.54. The fraction of sp³-hybridized carbons (Fsp3) is 0.231. The molecule has 0 saturated heterocycles. The Kier molecular flexibility index (Phi) is 2.27. The number of allylic oxidation sites excluding steroid dienone is 1. The molecule has 0 aliphatic heterocycles. The summed E-state index contributed by atoms with van der Waals surface area (Å²) in [5.74, 6) is 0.104. The molecule has 2 nitrogen and oxygen atoms in total. The van der Waals surface area contributed by atoms with Gasteiger partial charge in [0.1, 0.15) is 0 Å². The van der Waals surface area contributed by atoms with Crippen LogP contribution in [0.5, 0.6) is 0 Å². The summed E-state index contributed by atoms with van der Waals surface area (Å²) in [4.78, 5) is 0. The van der Waals surface area contributed by atoms with E-state index in [-0.39, 0.29) is 5.92 Å². The van der Waals surface area contributed by atoms with Crippen molar-refractivity contribution in [3.63, 3.8) is 0 Å². The zero-order chi connectivity index (χ0) is 10.7. The van der Waals surface area contributed by atoms with Gasteiger partial charge in [0.15, 0.2) is 5.41 Å². The Morgan fingerprint density at radius 2 is 1.87 bits per heavy atom. The van der Waals surface area contributed by atoms with Crippen LogP contribution in [0.25, 0.3) is 6.08 Å². The van der Waals surface area contributed by atoms with E-state index < -0.39 is 5.41 Å². The molecule has 1 aliphatic rings. The third kappa shape index (κ3) is 1.75. The summed E-state index contributed by atoms with van der Waals surface area (Å²) >= 11 is 0. The maximum absolute atomic E-state index is 8.82. The van der Waals surface area contributed by atoms with Gasteiger partial charge in [-0.05, 0) is 12.0 Å². The van der Waals surface area contributed by atoms with Gasteiger partial charge in [0, 0.05) is 5.92 Å². The molecule has 1 fully saturated rings. The van der Waals surface area contributed by atoms with Crippen LogP contribution in [0.4, 0.5) is 0 Å². The SMILES string of the molecule is N#CC1(C#N)CC1/C=C/c1ccccc1. The molecule has 0 heterocycles. The van der Waals surface area contributed by atoms with E-state index in [4.69, 9.17) is 10.5 Å². The predicted molar refractivity (Wildman–Crippen MR) is 57.2 cm³/mol. The van der Waals surface area contributed by atoms with E-state index >= 15 is 0 Å². The molecule has 1 aliphatic carbocycles. The van der Waals surface area contributed by atoms with E-state index in [1.54, 1.807) is 0 Å². The smallest absolute Gasteiger partial charge is 0.150 e. The van der Waals surface area contributed by atoms with Crippen LogP contribution in [-0.2, 0) is 0 Å². The summed E-state index contributed by atoms with van der Waals surface area (Å²) in [6.45, 7) is 0. The first-order valence-corrected chi connectivity index (χ1v) is 4.86. The van der Waals surface area contributed by atoms with E-state index in [1.165, 1.54) is 0 Å². The molecule has 1 aromatic rings. The van der Waals surface area contributed by atoms with Gasteiger partial charge in [-0.25, -0.2) is 0 Å². The normalized spacial score (nSPS) is 21.9. The average molecular weight is 194 g/mol. The Morgan fingerprint density at radius 1 is 1.20 bits per heavy atom. The summed E-state index contributed by atoms with van der Waals surface area (Å²) in [5.41, 5.74) is 0.361. The molecule has 0 radical (unpaired) electrons. The lowest BCUT2D eigenvalue weighted by Crippen LogP contribution is -1.93. The highest BCUT2D eigenvalue weighted by molar-refractivity contribution is 5.51. The maximum atomic E-state index is 8.82. The first-order valence-electron chi connectivity index (χ1n) is 4.86. The number of nitriles is 2. The lowest BCUT2D eigenvalue weighted by atomic mass is 10.1. The van der Waals surface area contributed by atoms with Gasteiger partial charge in [-0.1, -0.05) is 42.5 Å². The van der Waals surface area contributed by atoms with Crippen molar-refractivity contribution < 1.29 is 0 Å². The van der Waals surface area contributed by atoms with E-state index in [0.717, 1.165) is 5.56 Å². The van der Waals surface area contributed by atoms with E-state index in [0.29, 0.717) is 6.42 Å². The topological polar surface area (TPSA) is 47.6 Å². The fourth-order valence-electron chi connectivity index (χ4n) is 1.59. The van der Waals surface area contributed by atoms with Gasteiger partial charge in [-0.15, -0.1) is 0 Å². The molecule has 15 heavy (non-hydrogen) atoms. The number of nitrogens with zero attached hydrogens (tertiary/aromatic N) is 2. The summed E-state index contributed by atoms with van der Waals surface area (Å²) in [6.07, 6.45) is 4.60. The molecule has 0 amide bonds. The number of benzene rings is 1. The molecule has 2 rings (SSSR count). The molecule has 0 aromatic heterocycles. The van der Waals surface area contributed by atoms with Crippen molar-refractivity contribution in [1.82, 2.24) is 0 Å². The number of hydrogen-bond acceptors (Lipinski definition) is 2. The van der Waals surface area contributed by atoms with Crippen molar-refractivity contribution >= 4 is 6.08 Å². The molecule has 0 spiro atoms. The number of hydrogen-bond donors (Lipinski definition) is 0. The average Bonchev–Trinajstić information content (AvgIpc) is 3.02. The monoisotopic (exact) mass is 194 g/mol. The van der Waals surface area contributed by atoms with Crippen molar-refractivity contribution in [1.29, 1.82) is 10.5 Å². The molecule has 0 bridgehead atoms. The second kappa shape index (κ2) is 3.59. The molecule has 0 N–H and O–H groups in total. The van der Waals surface area contributed by atoms with Gasteiger partial charge in [0.2, 0.25) is 0 Å². The Morgan fingerprint density at radius 3 is 2.40 bits per heavy atom. The zero-order valence-electron chi connectivity index (χ0n) is 8.22. The standard InChI is InChI=1S/C13H10N2/c14-9-13(10-15)8-12(13)7-6-11-4-2-1-3-5-11/h1-7,12H,8H2/b7-6+. The third-order valence-electron chi connectivity index (χ3n) is 2.73. The highest BCUT2D eigenvalue weighted by Crippen LogP contribution is 2.52. The van der Waals surface area contributed by atoms with Crippen LogP contribution in [0, 0.1) is 34.0 Å². The van der Waals surface area contributed by atoms with Crippen molar-refractivity contribution in [2.45, 2.75) is 6.42 Å². The van der Waals surface area contributed by atoms with Gasteiger partial charge >= 0.3 is 0 Å². The first kappa shape index (κ1) is 9.49. The number of rotatable bonds is 2. The largest absolute Gasteiger partial charge is 0.197 e. The van der Waals surface area contributed by atoms with Crippen LogP contribution >= 0.6 is 0 Å². The predicted octanol–water partition coefficient (Wildman–Crippen LogP) is 2.75. The summed E-state index contributed by atoms with van der Waals surface area (Å²) in [6, 6.07) is 14.0. The molecule has 1 saturated carbocycles. The van der Waals surface area contributed by atoms with Crippen molar-refractivity contribution in [2.24, 2.45) is 11.3 Å². The Balaban J connectivity index is 2.06. The minimum atomic E-state index is -0.745. The fourth-order valence-corrected chi connectivity index (χ4v) is 1.59. The van der Waals surface area contributed by atoms with E-state index in [2.05, 4.69) is 12.1 Å². The molecule has 1 unspecified atom stereocenters. The van der Waals surface area contributed by atoms with Crippen molar-refractivity contribution in [3.8, 4) is 12.1 Å². The quantitative estimate of drug-likeness (QED) is 0.726. The third-order valence-corrected chi connectivity index (χ3v) is 2.73. The minimum absolute atomic E-state index is 0.104. The van der Waals surface area contributed by atoms with E-state index in [9.17, 15) is 0 Å². The van der Waals surface area contributed by atoms with E-state index in [1.807, 2.05) is 42.5 Å². The molecule has 1 atom stereocenters. The molecular weight excluding hydrogens is 184 g/mol. The van der Waals surface area contributed by atoms with Gasteiger partial charge < -0.3 is 0 Å². The lowest BCUT2D eigenvalue weighted by Gasteiger charge is -1.92. The molecule has 2 heteroatoms. The Bertz CT molecular complexity index is 446. The van der Waals surface area contributed by atoms with Crippen LogP contribution in [0.15, 0.2) is 36.4 Å². The van der Waals surface area contributed by atoms with Crippen LogP contribution < -0.4 is 0 Å². The Hall–Kier alpha value is -2.06. The van der Waals surface area contributed by atoms with Crippen LogP contribution in [0.1, 0.15) is 12.0 Å². The molecular formula is C13H10N2. The maximum Gasteiger partial charge on any atom is 0.150 e. The minimum Gasteiger partial charge on any atom is -0.197 e. The summed E-state index contributed by atoms with van der Waals surface area (Å²) in [5, 5.41) is 17.6. The van der Waals surface area contributed by atoms with Crippen LogP contribution in [0.2, 0.25) is 0 Å². The van der Waals surface area contributed by atoms with Gasteiger partial charge in [0.25, 0.3) is 0 Å². The molecule has 1 aromatic carbocycles. The molecule has 72 valence electrons. The van der Waals surface area contributed by atoms with Gasteiger partial charge in [0.05, 0.1) is 12.1 Å².